The molecule has 1 saturated heterocycles. The predicted octanol–water partition coefficient (Wildman–Crippen LogP) is 3.64. The summed E-state index contributed by atoms with van der Waals surface area (Å²) in [5, 5.41) is 9.08. The number of aryl methyl sites for hydroxylation is 1. The molecule has 28 heavy (non-hydrogen) atoms. The second-order valence-corrected chi connectivity index (χ2v) is 8.40. The van der Waals surface area contributed by atoms with Crippen molar-refractivity contribution in [1.29, 1.82) is 0 Å². The van der Waals surface area contributed by atoms with Crippen LogP contribution in [0, 0.1) is 12.8 Å². The minimum Gasteiger partial charge on any atom is -0.497 e. The zero-order valence-electron chi connectivity index (χ0n) is 17.2. The Labute approximate surface area is 172 Å². The van der Waals surface area contributed by atoms with Crippen LogP contribution in [0.5, 0.6) is 5.75 Å². The summed E-state index contributed by atoms with van der Waals surface area (Å²) in [7, 11) is 3.55. The number of guanidine groups is 1. The van der Waals surface area contributed by atoms with Crippen molar-refractivity contribution in [3.05, 3.63) is 51.7 Å². The van der Waals surface area contributed by atoms with Gasteiger partial charge in [0.25, 0.3) is 0 Å². The average molecular weight is 401 g/mol. The van der Waals surface area contributed by atoms with Gasteiger partial charge in [-0.05, 0) is 73.5 Å². The Morgan fingerprint density at radius 2 is 1.93 bits per heavy atom. The molecule has 2 N–H and O–H groups in total. The highest BCUT2D eigenvalue weighted by atomic mass is 32.1. The Morgan fingerprint density at radius 3 is 2.54 bits per heavy atom. The van der Waals surface area contributed by atoms with E-state index in [-0.39, 0.29) is 0 Å². The van der Waals surface area contributed by atoms with Gasteiger partial charge in [0.05, 0.1) is 13.7 Å². The molecule has 1 aromatic carbocycles. The third kappa shape index (κ3) is 5.97. The Morgan fingerprint density at radius 1 is 1.18 bits per heavy atom. The molecule has 0 saturated carbocycles. The normalized spacial score (nSPS) is 16.2. The van der Waals surface area contributed by atoms with Gasteiger partial charge in [0.15, 0.2) is 5.96 Å². The molecule has 1 aromatic heterocycles. The molecule has 0 aliphatic carbocycles. The fraction of sp³-hybridized carbons (Fsp3) is 0.500. The van der Waals surface area contributed by atoms with Crippen LogP contribution in [-0.2, 0) is 13.1 Å². The molecular formula is C22H32N4OS. The molecule has 5 nitrogen and oxygen atoms in total. The third-order valence-electron chi connectivity index (χ3n) is 5.44. The Balaban J connectivity index is 1.36. The van der Waals surface area contributed by atoms with E-state index in [2.05, 4.69) is 51.0 Å². The first kappa shape index (κ1) is 20.7. The zero-order valence-corrected chi connectivity index (χ0v) is 18.0. The van der Waals surface area contributed by atoms with E-state index in [0.29, 0.717) is 5.92 Å². The summed E-state index contributed by atoms with van der Waals surface area (Å²) in [6, 6.07) is 10.6. The highest BCUT2D eigenvalue weighted by Gasteiger charge is 2.19. The monoisotopic (exact) mass is 400 g/mol. The smallest absolute Gasteiger partial charge is 0.191 e. The van der Waals surface area contributed by atoms with Crippen LogP contribution in [0.25, 0.3) is 0 Å². The molecule has 152 valence electrons. The van der Waals surface area contributed by atoms with E-state index in [1.54, 1.807) is 18.4 Å². The molecule has 1 aliphatic rings. The maximum absolute atomic E-state index is 5.24. The standard InChI is InChI=1S/C22H32N4OS/c1-17-10-13-28-21(17)15-25-22(23-2)24-14-18-8-11-26(12-9-18)16-19-4-6-20(27-3)7-5-19/h4-7,10,13,18H,8-9,11-12,14-16H2,1-3H3,(H2,23,24,25). The van der Waals surface area contributed by atoms with Crippen LogP contribution in [0.2, 0.25) is 0 Å². The van der Waals surface area contributed by atoms with E-state index in [9.17, 15) is 0 Å². The van der Waals surface area contributed by atoms with Crippen LogP contribution in [0.15, 0.2) is 40.7 Å². The summed E-state index contributed by atoms with van der Waals surface area (Å²) in [5.74, 6) is 2.52. The number of aliphatic imine (C=N–C) groups is 1. The number of likely N-dealkylation sites (tertiary alicyclic amines) is 1. The van der Waals surface area contributed by atoms with Crippen LogP contribution in [-0.4, -0.2) is 44.7 Å². The maximum Gasteiger partial charge on any atom is 0.191 e. The van der Waals surface area contributed by atoms with Gasteiger partial charge < -0.3 is 15.4 Å². The van der Waals surface area contributed by atoms with Gasteiger partial charge in [-0.25, -0.2) is 0 Å². The molecule has 0 unspecified atom stereocenters. The second kappa shape index (κ2) is 10.5. The van der Waals surface area contributed by atoms with Crippen molar-refractivity contribution in [3.8, 4) is 5.75 Å². The van der Waals surface area contributed by atoms with Crippen molar-refractivity contribution in [3.63, 3.8) is 0 Å². The Bertz CT molecular complexity index is 748. The number of nitrogens with one attached hydrogen (secondary N) is 2. The van der Waals surface area contributed by atoms with Crippen molar-refractivity contribution in [2.45, 2.75) is 32.9 Å². The van der Waals surface area contributed by atoms with E-state index < -0.39 is 0 Å². The highest BCUT2D eigenvalue weighted by molar-refractivity contribution is 7.10. The molecule has 3 rings (SSSR count). The van der Waals surface area contributed by atoms with Gasteiger partial charge in [0, 0.05) is 25.0 Å². The molecule has 0 atom stereocenters. The largest absolute Gasteiger partial charge is 0.497 e. The summed E-state index contributed by atoms with van der Waals surface area (Å²) in [6.07, 6.45) is 2.45. The van der Waals surface area contributed by atoms with Crippen molar-refractivity contribution in [2.75, 3.05) is 33.8 Å². The quantitative estimate of drug-likeness (QED) is 0.550. The summed E-state index contributed by atoms with van der Waals surface area (Å²) in [6.45, 7) is 7.30. The van der Waals surface area contributed by atoms with Crippen LogP contribution in [0.1, 0.15) is 28.8 Å². The van der Waals surface area contributed by atoms with Gasteiger partial charge in [-0.1, -0.05) is 12.1 Å². The number of ether oxygens (including phenoxy) is 1. The number of rotatable bonds is 7. The first-order valence-electron chi connectivity index (χ1n) is 10.0. The summed E-state index contributed by atoms with van der Waals surface area (Å²) in [4.78, 5) is 8.28. The highest BCUT2D eigenvalue weighted by Crippen LogP contribution is 2.20. The summed E-state index contributed by atoms with van der Waals surface area (Å²) >= 11 is 1.79. The Hall–Kier alpha value is -2.05. The van der Waals surface area contributed by atoms with Crippen LogP contribution in [0.4, 0.5) is 0 Å². The molecule has 0 radical (unpaired) electrons. The zero-order chi connectivity index (χ0) is 19.8. The van der Waals surface area contributed by atoms with Crippen molar-refractivity contribution in [1.82, 2.24) is 15.5 Å². The van der Waals surface area contributed by atoms with Gasteiger partial charge in [-0.15, -0.1) is 11.3 Å². The minimum absolute atomic E-state index is 0.703. The van der Waals surface area contributed by atoms with Crippen LogP contribution in [0.3, 0.4) is 0 Å². The average Bonchev–Trinajstić information content (AvgIpc) is 3.14. The first-order valence-corrected chi connectivity index (χ1v) is 10.9. The topological polar surface area (TPSA) is 48.9 Å². The molecule has 1 aliphatic heterocycles. The van der Waals surface area contributed by atoms with Crippen molar-refractivity contribution < 1.29 is 4.74 Å². The summed E-state index contributed by atoms with van der Waals surface area (Å²) < 4.78 is 5.24. The number of thiophene rings is 1. The predicted molar refractivity (Wildman–Crippen MR) is 118 cm³/mol. The molecule has 2 heterocycles. The minimum atomic E-state index is 0.703. The number of piperidine rings is 1. The first-order chi connectivity index (χ1) is 13.7. The molecule has 1 fully saturated rings. The maximum atomic E-state index is 5.24. The second-order valence-electron chi connectivity index (χ2n) is 7.40. The Kier molecular flexibility index (Phi) is 7.74. The summed E-state index contributed by atoms with van der Waals surface area (Å²) in [5.41, 5.74) is 2.70. The molecule has 0 spiro atoms. The van der Waals surface area contributed by atoms with Crippen LogP contribution >= 0.6 is 11.3 Å². The van der Waals surface area contributed by atoms with Crippen molar-refractivity contribution in [2.24, 2.45) is 10.9 Å². The fourth-order valence-corrected chi connectivity index (χ4v) is 4.39. The van der Waals surface area contributed by atoms with E-state index in [1.807, 2.05) is 19.2 Å². The lowest BCUT2D eigenvalue weighted by molar-refractivity contribution is 0.178. The number of hydrogen-bond donors (Lipinski definition) is 2. The number of hydrogen-bond acceptors (Lipinski definition) is 4. The SMILES string of the molecule is CN=C(NCc1sccc1C)NCC1CCN(Cc2ccc(OC)cc2)CC1. The molecule has 2 aromatic rings. The molecule has 6 heteroatoms. The number of nitrogens with zero attached hydrogens (tertiary/aromatic N) is 2. The molecular weight excluding hydrogens is 368 g/mol. The molecule has 0 amide bonds. The lowest BCUT2D eigenvalue weighted by Gasteiger charge is -2.32. The van der Waals surface area contributed by atoms with Gasteiger partial charge in [0.1, 0.15) is 5.75 Å². The van der Waals surface area contributed by atoms with Crippen molar-refractivity contribution >= 4 is 17.3 Å². The van der Waals surface area contributed by atoms with Gasteiger partial charge in [-0.2, -0.15) is 0 Å². The van der Waals surface area contributed by atoms with E-state index >= 15 is 0 Å². The lowest BCUT2D eigenvalue weighted by atomic mass is 9.96. The van der Waals surface area contributed by atoms with E-state index in [4.69, 9.17) is 4.74 Å². The van der Waals surface area contributed by atoms with Gasteiger partial charge in [-0.3, -0.25) is 9.89 Å². The van der Waals surface area contributed by atoms with E-state index in [1.165, 1.54) is 28.8 Å². The number of benzene rings is 1. The van der Waals surface area contributed by atoms with E-state index in [0.717, 1.165) is 44.4 Å². The number of methoxy groups -OCH3 is 1. The van der Waals surface area contributed by atoms with Gasteiger partial charge in [0.2, 0.25) is 0 Å². The van der Waals surface area contributed by atoms with Crippen LogP contribution < -0.4 is 15.4 Å². The lowest BCUT2D eigenvalue weighted by Crippen LogP contribution is -2.42. The third-order valence-corrected chi connectivity index (χ3v) is 6.46. The fourth-order valence-electron chi connectivity index (χ4n) is 3.55. The molecule has 0 bridgehead atoms. The van der Waals surface area contributed by atoms with Gasteiger partial charge >= 0.3 is 0 Å².